The molecule has 4 heteroatoms. The summed E-state index contributed by atoms with van der Waals surface area (Å²) < 4.78 is 2.94. The van der Waals surface area contributed by atoms with Crippen LogP contribution in [0.2, 0.25) is 0 Å². The van der Waals surface area contributed by atoms with E-state index in [4.69, 9.17) is 12.2 Å². The van der Waals surface area contributed by atoms with Crippen LogP contribution in [-0.4, -0.2) is 14.8 Å². The average molecular weight is 225 g/mol. The fourth-order valence-corrected chi connectivity index (χ4v) is 2.26. The van der Waals surface area contributed by atoms with E-state index in [0.717, 1.165) is 29.0 Å². The number of H-pyrrole nitrogens is 1. The van der Waals surface area contributed by atoms with Crippen molar-refractivity contribution in [3.8, 4) is 0 Å². The number of hydrogen-bond donors (Lipinski definition) is 1. The molecule has 0 aromatic carbocycles. The van der Waals surface area contributed by atoms with E-state index in [9.17, 15) is 0 Å². The van der Waals surface area contributed by atoms with Crippen molar-refractivity contribution >= 4 is 12.2 Å². The highest BCUT2D eigenvalue weighted by Gasteiger charge is 2.28. The molecule has 0 radical (unpaired) electrons. The van der Waals surface area contributed by atoms with Crippen molar-refractivity contribution in [1.82, 2.24) is 14.8 Å². The summed E-state index contributed by atoms with van der Waals surface area (Å²) in [5.41, 5.74) is 0. The van der Waals surface area contributed by atoms with Gasteiger partial charge in [0.05, 0.1) is 0 Å². The first-order valence-electron chi connectivity index (χ1n) is 5.74. The van der Waals surface area contributed by atoms with Crippen molar-refractivity contribution in [2.75, 3.05) is 0 Å². The van der Waals surface area contributed by atoms with Crippen molar-refractivity contribution < 1.29 is 0 Å². The molecule has 0 bridgehead atoms. The van der Waals surface area contributed by atoms with Gasteiger partial charge in [-0.25, -0.2) is 0 Å². The van der Waals surface area contributed by atoms with Gasteiger partial charge in [0.15, 0.2) is 4.77 Å². The summed E-state index contributed by atoms with van der Waals surface area (Å²) in [7, 11) is 0. The second-order valence-electron chi connectivity index (χ2n) is 4.97. The lowest BCUT2D eigenvalue weighted by Crippen LogP contribution is -2.13. The van der Waals surface area contributed by atoms with E-state index in [2.05, 4.69) is 35.5 Å². The molecular weight excluding hydrogens is 206 g/mol. The maximum atomic E-state index is 5.26. The molecule has 1 aliphatic carbocycles. The summed E-state index contributed by atoms with van der Waals surface area (Å²) in [6, 6.07) is 0. The van der Waals surface area contributed by atoms with Crippen LogP contribution in [-0.2, 0) is 6.54 Å². The second kappa shape index (κ2) is 4.08. The summed E-state index contributed by atoms with van der Waals surface area (Å²) in [4.78, 5) is 0. The van der Waals surface area contributed by atoms with Gasteiger partial charge < -0.3 is 4.57 Å². The van der Waals surface area contributed by atoms with Crippen LogP contribution in [0.15, 0.2) is 0 Å². The highest BCUT2D eigenvalue weighted by Crippen LogP contribution is 2.37. The minimum atomic E-state index is 0.435. The predicted molar refractivity (Wildman–Crippen MR) is 63.4 cm³/mol. The molecule has 1 fully saturated rings. The Morgan fingerprint density at radius 3 is 2.67 bits per heavy atom. The van der Waals surface area contributed by atoms with Gasteiger partial charge in [-0.05, 0) is 36.9 Å². The Balaban J connectivity index is 2.18. The molecule has 3 nitrogen and oxygen atoms in total. The number of aromatic nitrogens is 3. The molecule has 1 heterocycles. The Bertz CT molecular complexity index is 387. The number of aromatic amines is 1. The van der Waals surface area contributed by atoms with E-state index < -0.39 is 0 Å². The van der Waals surface area contributed by atoms with E-state index in [-0.39, 0.29) is 0 Å². The van der Waals surface area contributed by atoms with Crippen LogP contribution in [0.4, 0.5) is 0 Å². The minimum Gasteiger partial charge on any atom is -0.304 e. The average Bonchev–Trinajstić information content (AvgIpc) is 2.94. The molecule has 1 aromatic rings. The zero-order valence-electron chi connectivity index (χ0n) is 9.66. The van der Waals surface area contributed by atoms with E-state index in [1.807, 2.05) is 0 Å². The second-order valence-corrected chi connectivity index (χ2v) is 5.35. The summed E-state index contributed by atoms with van der Waals surface area (Å²) in [5.74, 6) is 3.17. The number of hydrogen-bond acceptors (Lipinski definition) is 2. The van der Waals surface area contributed by atoms with Gasteiger partial charge in [-0.3, -0.25) is 5.10 Å². The van der Waals surface area contributed by atoms with Gasteiger partial charge in [0.1, 0.15) is 5.82 Å². The summed E-state index contributed by atoms with van der Waals surface area (Å²) in [5, 5.41) is 7.19. The normalized spacial score (nSPS) is 18.4. The van der Waals surface area contributed by atoms with Gasteiger partial charge in [-0.1, -0.05) is 20.8 Å². The molecule has 1 aromatic heterocycles. The SMILES string of the molecule is CC(C)c1n[nH]c(=S)n1CC(C)C1CC1. The van der Waals surface area contributed by atoms with Crippen LogP contribution in [0.1, 0.15) is 45.4 Å². The first-order valence-corrected chi connectivity index (χ1v) is 6.15. The Morgan fingerprint density at radius 2 is 2.13 bits per heavy atom. The molecule has 0 aliphatic heterocycles. The highest BCUT2D eigenvalue weighted by molar-refractivity contribution is 7.71. The summed E-state index contributed by atoms with van der Waals surface area (Å²) in [6.07, 6.45) is 2.78. The van der Waals surface area contributed by atoms with Crippen LogP contribution >= 0.6 is 12.2 Å². The highest BCUT2D eigenvalue weighted by atomic mass is 32.1. The van der Waals surface area contributed by atoms with E-state index >= 15 is 0 Å². The van der Waals surface area contributed by atoms with Crippen LogP contribution in [0.3, 0.4) is 0 Å². The number of nitrogens with zero attached hydrogens (tertiary/aromatic N) is 2. The third-order valence-electron chi connectivity index (χ3n) is 3.20. The van der Waals surface area contributed by atoms with Crippen LogP contribution in [0, 0.1) is 16.6 Å². The fraction of sp³-hybridized carbons (Fsp3) is 0.818. The van der Waals surface area contributed by atoms with Crippen LogP contribution in [0.5, 0.6) is 0 Å². The minimum absolute atomic E-state index is 0.435. The van der Waals surface area contributed by atoms with Crippen LogP contribution in [0.25, 0.3) is 0 Å². The van der Waals surface area contributed by atoms with E-state index in [1.165, 1.54) is 12.8 Å². The summed E-state index contributed by atoms with van der Waals surface area (Å²) in [6.45, 7) is 7.65. The molecule has 1 saturated carbocycles. The molecule has 15 heavy (non-hydrogen) atoms. The monoisotopic (exact) mass is 225 g/mol. The molecule has 2 rings (SSSR count). The van der Waals surface area contributed by atoms with Gasteiger partial charge in [0.2, 0.25) is 0 Å². The standard InChI is InChI=1S/C11H19N3S/c1-7(2)10-12-13-11(15)14(10)6-8(3)9-4-5-9/h7-9H,4-6H2,1-3H3,(H,13,15). The quantitative estimate of drug-likeness (QED) is 0.799. The lowest BCUT2D eigenvalue weighted by atomic mass is 10.1. The maximum absolute atomic E-state index is 5.26. The molecule has 0 spiro atoms. The molecule has 1 N–H and O–H groups in total. The topological polar surface area (TPSA) is 33.6 Å². The van der Waals surface area contributed by atoms with Crippen LogP contribution < -0.4 is 0 Å². The predicted octanol–water partition coefficient (Wildman–Crippen LogP) is 3.11. The molecule has 0 saturated heterocycles. The summed E-state index contributed by atoms with van der Waals surface area (Å²) >= 11 is 5.26. The molecule has 1 atom stereocenters. The largest absolute Gasteiger partial charge is 0.304 e. The van der Waals surface area contributed by atoms with Gasteiger partial charge in [0.25, 0.3) is 0 Å². The molecule has 1 aliphatic rings. The van der Waals surface area contributed by atoms with Crippen molar-refractivity contribution in [1.29, 1.82) is 0 Å². The smallest absolute Gasteiger partial charge is 0.195 e. The molecule has 0 amide bonds. The molecule has 1 unspecified atom stereocenters. The Hall–Kier alpha value is -0.640. The number of rotatable bonds is 4. The maximum Gasteiger partial charge on any atom is 0.195 e. The lowest BCUT2D eigenvalue weighted by molar-refractivity contribution is 0.415. The zero-order chi connectivity index (χ0) is 11.0. The molecule has 84 valence electrons. The van der Waals surface area contributed by atoms with Crippen molar-refractivity contribution in [3.05, 3.63) is 10.6 Å². The Kier molecular flexibility index (Phi) is 2.96. The van der Waals surface area contributed by atoms with Gasteiger partial charge in [-0.2, -0.15) is 5.10 Å². The van der Waals surface area contributed by atoms with Gasteiger partial charge >= 0.3 is 0 Å². The first-order chi connectivity index (χ1) is 7.09. The molecular formula is C11H19N3S. The first kappa shape index (κ1) is 10.9. The zero-order valence-corrected chi connectivity index (χ0v) is 10.5. The van der Waals surface area contributed by atoms with Crippen molar-refractivity contribution in [3.63, 3.8) is 0 Å². The van der Waals surface area contributed by atoms with Crippen molar-refractivity contribution in [2.45, 2.75) is 46.1 Å². The number of nitrogens with one attached hydrogen (secondary N) is 1. The Morgan fingerprint density at radius 1 is 1.47 bits per heavy atom. The van der Waals surface area contributed by atoms with Gasteiger partial charge in [-0.15, -0.1) is 0 Å². The third kappa shape index (κ3) is 2.30. The Labute approximate surface area is 95.9 Å². The fourth-order valence-electron chi connectivity index (χ4n) is 2.05. The van der Waals surface area contributed by atoms with E-state index in [0.29, 0.717) is 5.92 Å². The third-order valence-corrected chi connectivity index (χ3v) is 3.51. The van der Waals surface area contributed by atoms with Gasteiger partial charge in [0, 0.05) is 12.5 Å². The van der Waals surface area contributed by atoms with E-state index in [1.54, 1.807) is 0 Å². The lowest BCUT2D eigenvalue weighted by Gasteiger charge is -2.14. The van der Waals surface area contributed by atoms with Crippen molar-refractivity contribution in [2.24, 2.45) is 11.8 Å².